The molecule has 1 aliphatic carbocycles. The molecule has 1 amide bonds. The zero-order chi connectivity index (χ0) is 14.9. The van der Waals surface area contributed by atoms with Crippen LogP contribution in [0.4, 0.5) is 0 Å². The first-order valence-electron chi connectivity index (χ1n) is 7.68. The third-order valence-electron chi connectivity index (χ3n) is 4.72. The Morgan fingerprint density at radius 3 is 2.76 bits per heavy atom. The van der Waals surface area contributed by atoms with Crippen molar-refractivity contribution < 1.29 is 14.6 Å². The summed E-state index contributed by atoms with van der Waals surface area (Å²) in [5.74, 6) is -0.265. The molecule has 2 N–H and O–H groups in total. The van der Waals surface area contributed by atoms with E-state index in [1.165, 1.54) is 0 Å². The molecule has 6 nitrogen and oxygen atoms in total. The third-order valence-corrected chi connectivity index (χ3v) is 4.72. The lowest BCUT2D eigenvalue weighted by Crippen LogP contribution is -2.49. The summed E-state index contributed by atoms with van der Waals surface area (Å²) in [7, 11) is 1.87. The molecule has 1 saturated heterocycles. The molecule has 116 valence electrons. The van der Waals surface area contributed by atoms with E-state index >= 15 is 0 Å². The van der Waals surface area contributed by atoms with Gasteiger partial charge in [-0.1, -0.05) is 0 Å². The fraction of sp³-hybridized carbons (Fsp3) is 0.733. The molecule has 0 bridgehead atoms. The Labute approximate surface area is 124 Å². The second-order valence-corrected chi connectivity index (χ2v) is 6.27. The number of nitrogens with one attached hydrogen (secondary N) is 1. The lowest BCUT2D eigenvalue weighted by Gasteiger charge is -2.30. The number of hydrogen-bond donors (Lipinski definition) is 2. The third kappa shape index (κ3) is 2.70. The molecule has 2 heterocycles. The van der Waals surface area contributed by atoms with Crippen LogP contribution in [-0.4, -0.2) is 39.5 Å². The van der Waals surface area contributed by atoms with E-state index in [4.69, 9.17) is 4.74 Å². The van der Waals surface area contributed by atoms with Crippen molar-refractivity contribution in [3.63, 3.8) is 0 Å². The maximum absolute atomic E-state index is 12.3. The van der Waals surface area contributed by atoms with Crippen molar-refractivity contribution in [3.8, 4) is 0 Å². The topological polar surface area (TPSA) is 76.4 Å². The van der Waals surface area contributed by atoms with Crippen LogP contribution in [0.15, 0.2) is 12.4 Å². The van der Waals surface area contributed by atoms with E-state index in [1.807, 2.05) is 13.2 Å². The van der Waals surface area contributed by atoms with Crippen molar-refractivity contribution in [2.24, 2.45) is 7.05 Å². The van der Waals surface area contributed by atoms with Crippen molar-refractivity contribution in [1.82, 2.24) is 15.1 Å². The van der Waals surface area contributed by atoms with Gasteiger partial charge in [0.05, 0.1) is 12.7 Å². The zero-order valence-electron chi connectivity index (χ0n) is 12.5. The average Bonchev–Trinajstić information content (AvgIpc) is 3.17. The Bertz CT molecular complexity index is 514. The van der Waals surface area contributed by atoms with E-state index in [9.17, 15) is 9.90 Å². The van der Waals surface area contributed by atoms with Gasteiger partial charge in [0.25, 0.3) is 5.91 Å². The minimum absolute atomic E-state index is 0.265. The van der Waals surface area contributed by atoms with Crippen molar-refractivity contribution in [2.45, 2.75) is 49.7 Å². The van der Waals surface area contributed by atoms with E-state index in [2.05, 4.69) is 10.4 Å². The van der Waals surface area contributed by atoms with Crippen LogP contribution < -0.4 is 5.32 Å². The highest BCUT2D eigenvalue weighted by Gasteiger charge is 2.42. The molecule has 1 aromatic heterocycles. The van der Waals surface area contributed by atoms with Crippen LogP contribution >= 0.6 is 0 Å². The van der Waals surface area contributed by atoms with Gasteiger partial charge in [0, 0.05) is 25.4 Å². The summed E-state index contributed by atoms with van der Waals surface area (Å²) in [6.45, 7) is 1.08. The second kappa shape index (κ2) is 5.42. The first-order valence-corrected chi connectivity index (χ1v) is 7.68. The van der Waals surface area contributed by atoms with E-state index < -0.39 is 11.2 Å². The first-order chi connectivity index (χ1) is 10.0. The van der Waals surface area contributed by atoms with Gasteiger partial charge < -0.3 is 15.2 Å². The number of amides is 1. The fourth-order valence-electron chi connectivity index (χ4n) is 3.40. The summed E-state index contributed by atoms with van der Waals surface area (Å²) in [6.07, 6.45) is 8.48. The van der Waals surface area contributed by atoms with Gasteiger partial charge in [0.1, 0.15) is 11.2 Å². The van der Waals surface area contributed by atoms with Crippen LogP contribution in [0.2, 0.25) is 0 Å². The minimum atomic E-state index is -1.19. The number of rotatable bonds is 4. The predicted molar refractivity (Wildman–Crippen MR) is 76.5 cm³/mol. The molecule has 0 aromatic carbocycles. The van der Waals surface area contributed by atoms with Gasteiger partial charge >= 0.3 is 0 Å². The van der Waals surface area contributed by atoms with Crippen molar-refractivity contribution in [3.05, 3.63) is 18.0 Å². The van der Waals surface area contributed by atoms with E-state index in [1.54, 1.807) is 10.9 Å². The summed E-state index contributed by atoms with van der Waals surface area (Å²) in [5.41, 5.74) is -0.700. The number of hydrogen-bond acceptors (Lipinski definition) is 4. The monoisotopic (exact) mass is 293 g/mol. The maximum Gasteiger partial charge on any atom is 0.252 e. The van der Waals surface area contributed by atoms with Crippen LogP contribution in [0.5, 0.6) is 0 Å². The first kappa shape index (κ1) is 14.5. The van der Waals surface area contributed by atoms with Crippen LogP contribution in [0.25, 0.3) is 0 Å². The highest BCUT2D eigenvalue weighted by Crippen LogP contribution is 2.36. The smallest absolute Gasteiger partial charge is 0.252 e. The van der Waals surface area contributed by atoms with Gasteiger partial charge in [-0.15, -0.1) is 0 Å². The predicted octanol–water partition coefficient (Wildman–Crippen LogP) is 0.847. The molecule has 1 atom stereocenters. The van der Waals surface area contributed by atoms with E-state index in [0.29, 0.717) is 26.0 Å². The van der Waals surface area contributed by atoms with Crippen LogP contribution in [-0.2, 0) is 22.2 Å². The molecule has 0 radical (unpaired) electrons. The SMILES string of the molecule is Cn1cc([C@]2(CNC(=O)C3(O)CCCC3)CCCO2)cn1. The summed E-state index contributed by atoms with van der Waals surface area (Å²) in [5, 5.41) is 17.4. The molecule has 21 heavy (non-hydrogen) atoms. The number of aliphatic hydroxyl groups is 1. The number of carbonyl (C=O) groups is 1. The van der Waals surface area contributed by atoms with Gasteiger partial charge in [-0.3, -0.25) is 9.48 Å². The van der Waals surface area contributed by atoms with Crippen LogP contribution in [0.1, 0.15) is 44.1 Å². The maximum atomic E-state index is 12.3. The normalized spacial score (nSPS) is 27.9. The Kier molecular flexibility index (Phi) is 3.75. The lowest BCUT2D eigenvalue weighted by molar-refractivity contribution is -0.140. The lowest BCUT2D eigenvalue weighted by atomic mass is 9.92. The number of nitrogens with zero attached hydrogens (tertiary/aromatic N) is 2. The van der Waals surface area contributed by atoms with Gasteiger partial charge in [-0.25, -0.2) is 0 Å². The van der Waals surface area contributed by atoms with Crippen LogP contribution in [0, 0.1) is 0 Å². The molecule has 1 aliphatic heterocycles. The summed E-state index contributed by atoms with van der Waals surface area (Å²) in [4.78, 5) is 12.3. The Hall–Kier alpha value is -1.40. The molecule has 1 saturated carbocycles. The number of aryl methyl sites for hydroxylation is 1. The summed E-state index contributed by atoms with van der Waals surface area (Å²) >= 11 is 0. The molecule has 6 heteroatoms. The largest absolute Gasteiger partial charge is 0.380 e. The summed E-state index contributed by atoms with van der Waals surface area (Å²) < 4.78 is 7.68. The van der Waals surface area contributed by atoms with Gasteiger partial charge in [0.15, 0.2) is 0 Å². The highest BCUT2D eigenvalue weighted by molar-refractivity contribution is 5.85. The number of aromatic nitrogens is 2. The molecule has 3 rings (SSSR count). The van der Waals surface area contributed by atoms with E-state index in [0.717, 1.165) is 31.2 Å². The Balaban J connectivity index is 1.70. The van der Waals surface area contributed by atoms with Crippen molar-refractivity contribution >= 4 is 5.91 Å². The van der Waals surface area contributed by atoms with Crippen molar-refractivity contribution in [2.75, 3.05) is 13.2 Å². The molecular formula is C15H23N3O3. The molecule has 1 aromatic rings. The average molecular weight is 293 g/mol. The quantitative estimate of drug-likeness (QED) is 0.863. The molecular weight excluding hydrogens is 270 g/mol. The number of carbonyl (C=O) groups excluding carboxylic acids is 1. The molecule has 0 unspecified atom stereocenters. The van der Waals surface area contributed by atoms with Crippen LogP contribution in [0.3, 0.4) is 0 Å². The Morgan fingerprint density at radius 2 is 2.19 bits per heavy atom. The fourth-order valence-corrected chi connectivity index (χ4v) is 3.40. The molecule has 2 fully saturated rings. The van der Waals surface area contributed by atoms with Gasteiger partial charge in [-0.2, -0.15) is 5.10 Å². The minimum Gasteiger partial charge on any atom is -0.380 e. The summed E-state index contributed by atoms with van der Waals surface area (Å²) in [6, 6.07) is 0. The molecule has 0 spiro atoms. The number of ether oxygens (including phenoxy) is 1. The van der Waals surface area contributed by atoms with Gasteiger partial charge in [-0.05, 0) is 38.5 Å². The standard InChI is InChI=1S/C15H23N3O3/c1-18-10-12(9-17-18)15(7-4-8-21-15)11-16-13(19)14(20)5-2-3-6-14/h9-10,20H,2-8,11H2,1H3,(H,16,19)/t15-/m1/s1. The Morgan fingerprint density at radius 1 is 1.43 bits per heavy atom. The van der Waals surface area contributed by atoms with Gasteiger partial charge in [0.2, 0.25) is 0 Å². The second-order valence-electron chi connectivity index (χ2n) is 6.27. The zero-order valence-corrected chi connectivity index (χ0v) is 12.5. The van der Waals surface area contributed by atoms with Crippen molar-refractivity contribution in [1.29, 1.82) is 0 Å². The molecule has 2 aliphatic rings. The van der Waals surface area contributed by atoms with E-state index in [-0.39, 0.29) is 5.91 Å². The highest BCUT2D eigenvalue weighted by atomic mass is 16.5.